The van der Waals surface area contributed by atoms with Gasteiger partial charge in [0.25, 0.3) is 0 Å². The van der Waals surface area contributed by atoms with Crippen LogP contribution in [0, 0.1) is 11.8 Å². The Labute approximate surface area is 37.9 Å². The van der Waals surface area contributed by atoms with Crippen LogP contribution in [0.3, 0.4) is 0 Å². The maximum absolute atomic E-state index is 3.89. The van der Waals surface area contributed by atoms with Crippen molar-refractivity contribution in [3.05, 3.63) is 12.2 Å². The fraction of sp³-hybridized carbons (Fsp3) is 0.667. The zero-order chi connectivity index (χ0) is 4.15. The third kappa shape index (κ3) is 0.113. The average molecular weight is 80.1 g/mol. The highest BCUT2D eigenvalue weighted by molar-refractivity contribution is 5.26. The van der Waals surface area contributed by atoms with E-state index < -0.39 is 0 Å². The molecular formula is C6H8. The summed E-state index contributed by atoms with van der Waals surface area (Å²) in [5.41, 5.74) is 1.54. The second kappa shape index (κ2) is 0.575. The van der Waals surface area contributed by atoms with Crippen molar-refractivity contribution in [3.8, 4) is 0 Å². The Bertz CT molecular complexity index is 86.6. The molecule has 0 unspecified atom stereocenters. The monoisotopic (exact) mass is 80.1 g/mol. The van der Waals surface area contributed by atoms with Gasteiger partial charge in [-0.15, -0.1) is 0 Å². The molecule has 0 aromatic rings. The van der Waals surface area contributed by atoms with Crippen LogP contribution in [-0.4, -0.2) is 0 Å². The highest BCUT2D eigenvalue weighted by Crippen LogP contribution is 2.56. The summed E-state index contributed by atoms with van der Waals surface area (Å²) in [4.78, 5) is 0. The van der Waals surface area contributed by atoms with Crippen LogP contribution in [0.4, 0.5) is 0 Å². The molecule has 0 N–H and O–H groups in total. The first-order chi connectivity index (χ1) is 2.88. The highest BCUT2D eigenvalue weighted by Gasteiger charge is 2.45. The first-order valence-electron chi connectivity index (χ1n) is 2.56. The van der Waals surface area contributed by atoms with Gasteiger partial charge in [0, 0.05) is 0 Å². The van der Waals surface area contributed by atoms with Gasteiger partial charge in [-0.2, -0.15) is 0 Å². The summed E-state index contributed by atoms with van der Waals surface area (Å²) in [7, 11) is 0. The minimum atomic E-state index is 0.981. The zero-order valence-electron chi connectivity index (χ0n) is 3.78. The van der Waals surface area contributed by atoms with Crippen molar-refractivity contribution in [1.29, 1.82) is 0 Å². The molecule has 0 amide bonds. The maximum Gasteiger partial charge on any atom is -0.0192 e. The van der Waals surface area contributed by atoms with E-state index in [-0.39, 0.29) is 0 Å². The van der Waals surface area contributed by atoms with Crippen molar-refractivity contribution in [1.82, 2.24) is 0 Å². The predicted molar refractivity (Wildman–Crippen MR) is 25.4 cm³/mol. The Kier molecular flexibility index (Phi) is 0.272. The largest absolute Gasteiger partial charge is 0.0993 e. The normalized spacial score (nSPS) is 50.3. The van der Waals surface area contributed by atoms with Gasteiger partial charge in [-0.3, -0.25) is 0 Å². The lowest BCUT2D eigenvalue weighted by Gasteiger charge is -2.52. The minimum absolute atomic E-state index is 0.981. The van der Waals surface area contributed by atoms with Gasteiger partial charge in [0.2, 0.25) is 0 Å². The molecule has 3 aliphatic rings. The Morgan fingerprint density at radius 3 is 1.67 bits per heavy atom. The van der Waals surface area contributed by atoms with Crippen LogP contribution >= 0.6 is 0 Å². The second-order valence-electron chi connectivity index (χ2n) is 2.44. The van der Waals surface area contributed by atoms with Gasteiger partial charge >= 0.3 is 0 Å². The first kappa shape index (κ1) is 2.84. The summed E-state index contributed by atoms with van der Waals surface area (Å²) >= 11 is 0. The Morgan fingerprint density at radius 2 is 1.67 bits per heavy atom. The van der Waals surface area contributed by atoms with Crippen LogP contribution in [-0.2, 0) is 0 Å². The molecule has 0 saturated heterocycles. The van der Waals surface area contributed by atoms with Gasteiger partial charge < -0.3 is 0 Å². The van der Waals surface area contributed by atoms with E-state index >= 15 is 0 Å². The fourth-order valence-electron chi connectivity index (χ4n) is 1.24. The minimum Gasteiger partial charge on any atom is -0.0993 e. The van der Waals surface area contributed by atoms with Crippen molar-refractivity contribution in [2.45, 2.75) is 12.8 Å². The molecule has 0 spiro atoms. The quantitative estimate of drug-likeness (QED) is 0.387. The van der Waals surface area contributed by atoms with E-state index in [9.17, 15) is 0 Å². The van der Waals surface area contributed by atoms with E-state index in [2.05, 4.69) is 6.58 Å². The molecule has 0 nitrogen and oxygen atoms in total. The second-order valence-corrected chi connectivity index (χ2v) is 2.44. The Balaban J connectivity index is 2.29. The molecule has 0 atom stereocenters. The van der Waals surface area contributed by atoms with Gasteiger partial charge in [-0.05, 0) is 24.7 Å². The van der Waals surface area contributed by atoms with Gasteiger partial charge in [0.05, 0.1) is 0 Å². The van der Waals surface area contributed by atoms with Gasteiger partial charge in [-0.1, -0.05) is 12.2 Å². The lowest BCUT2D eigenvalue weighted by atomic mass is 9.53. The molecule has 32 valence electrons. The third-order valence-electron chi connectivity index (χ3n) is 2.19. The average Bonchev–Trinajstić information content (AvgIpc) is 1.28. The van der Waals surface area contributed by atoms with Crippen LogP contribution in [0.1, 0.15) is 12.8 Å². The molecule has 0 aliphatic heterocycles. The molecule has 3 saturated carbocycles. The smallest absolute Gasteiger partial charge is 0.0192 e. The van der Waals surface area contributed by atoms with E-state index in [1.54, 1.807) is 0 Å². The van der Waals surface area contributed by atoms with Crippen molar-refractivity contribution >= 4 is 0 Å². The first-order valence-corrected chi connectivity index (χ1v) is 2.56. The zero-order valence-corrected chi connectivity index (χ0v) is 3.78. The molecule has 3 rings (SSSR count). The lowest BCUT2D eigenvalue weighted by molar-refractivity contribution is 0.131. The molecular weight excluding hydrogens is 72.1 g/mol. The van der Waals surface area contributed by atoms with Crippen molar-refractivity contribution in [3.63, 3.8) is 0 Å². The molecule has 3 aliphatic carbocycles. The standard InChI is InChI=1S/C6H8/c1-4-5-2-6(4)3-5/h5-6H,1-3H2. The van der Waals surface area contributed by atoms with Gasteiger partial charge in [0.15, 0.2) is 0 Å². The number of hydrogen-bond acceptors (Lipinski definition) is 0. The van der Waals surface area contributed by atoms with Crippen LogP contribution in [0.15, 0.2) is 12.2 Å². The van der Waals surface area contributed by atoms with E-state index in [0.29, 0.717) is 0 Å². The van der Waals surface area contributed by atoms with Crippen LogP contribution in [0.5, 0.6) is 0 Å². The van der Waals surface area contributed by atoms with Gasteiger partial charge in [0.1, 0.15) is 0 Å². The summed E-state index contributed by atoms with van der Waals surface area (Å²) < 4.78 is 0. The maximum atomic E-state index is 3.89. The van der Waals surface area contributed by atoms with Crippen molar-refractivity contribution in [2.75, 3.05) is 0 Å². The highest BCUT2D eigenvalue weighted by atomic mass is 14.5. The number of rotatable bonds is 0. The topological polar surface area (TPSA) is 0 Å². The van der Waals surface area contributed by atoms with Crippen molar-refractivity contribution < 1.29 is 0 Å². The summed E-state index contributed by atoms with van der Waals surface area (Å²) in [5.74, 6) is 1.96. The van der Waals surface area contributed by atoms with E-state index in [1.165, 1.54) is 18.4 Å². The van der Waals surface area contributed by atoms with Crippen LogP contribution in [0.25, 0.3) is 0 Å². The SMILES string of the molecule is C=C1C2CC1C2. The van der Waals surface area contributed by atoms with Crippen LogP contribution in [0.2, 0.25) is 0 Å². The predicted octanol–water partition coefficient (Wildman–Crippen LogP) is 1.58. The molecule has 2 bridgehead atoms. The fourth-order valence-corrected chi connectivity index (χ4v) is 1.24. The van der Waals surface area contributed by atoms with E-state index in [4.69, 9.17) is 0 Å². The molecule has 0 aromatic heterocycles. The van der Waals surface area contributed by atoms with E-state index in [0.717, 1.165) is 11.8 Å². The molecule has 0 heteroatoms. The molecule has 0 aromatic carbocycles. The third-order valence-corrected chi connectivity index (χ3v) is 2.19. The molecule has 6 heavy (non-hydrogen) atoms. The Hall–Kier alpha value is -0.260. The number of allylic oxidation sites excluding steroid dienone is 1. The summed E-state index contributed by atoms with van der Waals surface area (Å²) in [6, 6.07) is 0. The summed E-state index contributed by atoms with van der Waals surface area (Å²) in [5, 5.41) is 0. The number of hydrogen-bond donors (Lipinski definition) is 0. The van der Waals surface area contributed by atoms with Gasteiger partial charge in [-0.25, -0.2) is 0 Å². The summed E-state index contributed by atoms with van der Waals surface area (Å²) in [6.45, 7) is 3.89. The molecule has 0 heterocycles. The van der Waals surface area contributed by atoms with Crippen molar-refractivity contribution in [2.24, 2.45) is 11.8 Å². The molecule has 0 radical (unpaired) electrons. The molecule has 3 fully saturated rings. The summed E-state index contributed by atoms with van der Waals surface area (Å²) in [6.07, 6.45) is 2.94. The van der Waals surface area contributed by atoms with E-state index in [1.807, 2.05) is 0 Å². The lowest BCUT2D eigenvalue weighted by Crippen LogP contribution is -2.41. The Morgan fingerprint density at radius 1 is 1.33 bits per heavy atom. The van der Waals surface area contributed by atoms with Crippen LogP contribution < -0.4 is 0 Å².